The number of nitrogens with one attached hydrogen (secondary N) is 1. The SMILES string of the molecule is CCNC(Cc1c(Cl)cccc1Cl)c1ccncc1F. The third kappa shape index (κ3) is 3.48. The average molecular weight is 313 g/mol. The monoisotopic (exact) mass is 312 g/mol. The van der Waals surface area contributed by atoms with Crippen LogP contribution in [0.3, 0.4) is 0 Å². The number of benzene rings is 1. The van der Waals surface area contributed by atoms with Gasteiger partial charge < -0.3 is 5.32 Å². The molecule has 1 heterocycles. The minimum atomic E-state index is -0.332. The van der Waals surface area contributed by atoms with Crippen LogP contribution in [0.5, 0.6) is 0 Å². The zero-order valence-electron chi connectivity index (χ0n) is 11.0. The number of aromatic nitrogens is 1. The van der Waals surface area contributed by atoms with Gasteiger partial charge in [0.05, 0.1) is 6.20 Å². The fraction of sp³-hybridized carbons (Fsp3) is 0.267. The Morgan fingerprint density at radius 3 is 2.55 bits per heavy atom. The molecule has 0 amide bonds. The largest absolute Gasteiger partial charge is 0.310 e. The van der Waals surface area contributed by atoms with Crippen molar-refractivity contribution in [1.29, 1.82) is 0 Å². The highest BCUT2D eigenvalue weighted by molar-refractivity contribution is 6.36. The summed E-state index contributed by atoms with van der Waals surface area (Å²) in [7, 11) is 0. The van der Waals surface area contributed by atoms with Gasteiger partial charge in [0.1, 0.15) is 5.82 Å². The van der Waals surface area contributed by atoms with E-state index in [1.165, 1.54) is 6.20 Å². The fourth-order valence-corrected chi connectivity index (χ4v) is 2.69. The van der Waals surface area contributed by atoms with Crippen molar-refractivity contribution in [3.05, 3.63) is 63.6 Å². The molecule has 106 valence electrons. The number of hydrogen-bond acceptors (Lipinski definition) is 2. The molecule has 2 nitrogen and oxygen atoms in total. The molecule has 1 atom stereocenters. The zero-order valence-corrected chi connectivity index (χ0v) is 12.5. The number of halogens is 3. The van der Waals surface area contributed by atoms with Crippen LogP contribution in [0.25, 0.3) is 0 Å². The maximum atomic E-state index is 13.9. The van der Waals surface area contributed by atoms with Crippen LogP contribution in [0.2, 0.25) is 10.0 Å². The van der Waals surface area contributed by atoms with Crippen LogP contribution in [-0.2, 0) is 6.42 Å². The van der Waals surface area contributed by atoms with Gasteiger partial charge in [-0.25, -0.2) is 4.39 Å². The number of nitrogens with zero attached hydrogens (tertiary/aromatic N) is 1. The van der Waals surface area contributed by atoms with E-state index in [1.807, 2.05) is 6.92 Å². The molecule has 0 fully saturated rings. The first-order chi connectivity index (χ1) is 9.63. The Kier molecular flexibility index (Phi) is 5.35. The normalized spacial score (nSPS) is 12.4. The van der Waals surface area contributed by atoms with E-state index < -0.39 is 0 Å². The second kappa shape index (κ2) is 7.02. The molecular formula is C15H15Cl2FN2. The van der Waals surface area contributed by atoms with Gasteiger partial charge in [-0.3, -0.25) is 4.98 Å². The lowest BCUT2D eigenvalue weighted by Gasteiger charge is -2.20. The second-order valence-electron chi connectivity index (χ2n) is 4.41. The van der Waals surface area contributed by atoms with Gasteiger partial charge in [-0.2, -0.15) is 0 Å². The van der Waals surface area contributed by atoms with Crippen molar-refractivity contribution in [1.82, 2.24) is 10.3 Å². The molecule has 1 aromatic carbocycles. The molecule has 0 aliphatic rings. The van der Waals surface area contributed by atoms with Gasteiger partial charge in [0.15, 0.2) is 0 Å². The molecule has 2 rings (SSSR count). The molecule has 0 aliphatic carbocycles. The first-order valence-electron chi connectivity index (χ1n) is 6.39. The number of likely N-dealkylation sites (N-methyl/N-ethyl adjacent to an activating group) is 1. The summed E-state index contributed by atoms with van der Waals surface area (Å²) in [6.07, 6.45) is 3.32. The summed E-state index contributed by atoms with van der Waals surface area (Å²) >= 11 is 12.4. The van der Waals surface area contributed by atoms with Crippen molar-refractivity contribution >= 4 is 23.2 Å². The van der Waals surface area contributed by atoms with Crippen LogP contribution in [-0.4, -0.2) is 11.5 Å². The number of rotatable bonds is 5. The summed E-state index contributed by atoms with van der Waals surface area (Å²) in [5.74, 6) is -0.332. The van der Waals surface area contributed by atoms with Gasteiger partial charge in [-0.15, -0.1) is 0 Å². The van der Waals surface area contributed by atoms with Gasteiger partial charge in [-0.1, -0.05) is 36.2 Å². The van der Waals surface area contributed by atoms with Gasteiger partial charge in [0.2, 0.25) is 0 Å². The first-order valence-corrected chi connectivity index (χ1v) is 7.14. The molecule has 0 saturated heterocycles. The van der Waals surface area contributed by atoms with Crippen LogP contribution in [0.4, 0.5) is 4.39 Å². The summed E-state index contributed by atoms with van der Waals surface area (Å²) < 4.78 is 13.9. The van der Waals surface area contributed by atoms with Crippen molar-refractivity contribution in [2.24, 2.45) is 0 Å². The molecule has 0 spiro atoms. The molecule has 0 radical (unpaired) electrons. The average Bonchev–Trinajstić information content (AvgIpc) is 2.43. The summed E-state index contributed by atoms with van der Waals surface area (Å²) in [5, 5.41) is 4.44. The van der Waals surface area contributed by atoms with E-state index in [9.17, 15) is 4.39 Å². The topological polar surface area (TPSA) is 24.9 Å². The summed E-state index contributed by atoms with van der Waals surface area (Å²) in [4.78, 5) is 3.77. The Hall–Kier alpha value is -1.16. The van der Waals surface area contributed by atoms with Gasteiger partial charge >= 0.3 is 0 Å². The molecule has 1 aromatic heterocycles. The van der Waals surface area contributed by atoms with Crippen molar-refractivity contribution in [2.75, 3.05) is 6.54 Å². The zero-order chi connectivity index (χ0) is 14.5. The third-order valence-corrected chi connectivity index (χ3v) is 3.81. The van der Waals surface area contributed by atoms with Gasteiger partial charge in [0, 0.05) is 27.8 Å². The minimum absolute atomic E-state index is 0.194. The maximum absolute atomic E-state index is 13.9. The fourth-order valence-electron chi connectivity index (χ4n) is 2.14. The smallest absolute Gasteiger partial charge is 0.146 e. The molecule has 0 saturated carbocycles. The van der Waals surface area contributed by atoms with Crippen LogP contribution in [0, 0.1) is 5.82 Å². The quantitative estimate of drug-likeness (QED) is 0.884. The Labute approximate surface area is 127 Å². The van der Waals surface area contributed by atoms with Crippen LogP contribution in [0.15, 0.2) is 36.7 Å². The van der Waals surface area contributed by atoms with Gasteiger partial charge in [-0.05, 0) is 36.7 Å². The molecule has 0 aliphatic heterocycles. The maximum Gasteiger partial charge on any atom is 0.146 e. The van der Waals surface area contributed by atoms with Crippen molar-refractivity contribution in [3.8, 4) is 0 Å². The summed E-state index contributed by atoms with van der Waals surface area (Å²) in [6.45, 7) is 2.69. The Morgan fingerprint density at radius 1 is 1.25 bits per heavy atom. The molecule has 1 N–H and O–H groups in total. The van der Waals surface area contributed by atoms with Crippen LogP contribution < -0.4 is 5.32 Å². The van der Waals surface area contributed by atoms with Gasteiger partial charge in [0.25, 0.3) is 0 Å². The van der Waals surface area contributed by atoms with Crippen molar-refractivity contribution < 1.29 is 4.39 Å². The number of pyridine rings is 1. The molecule has 1 unspecified atom stereocenters. The molecule has 2 aromatic rings. The number of hydrogen-bond donors (Lipinski definition) is 1. The molecular weight excluding hydrogens is 298 g/mol. The summed E-state index contributed by atoms with van der Waals surface area (Å²) in [5.41, 5.74) is 1.39. The van der Waals surface area contributed by atoms with E-state index in [0.29, 0.717) is 28.6 Å². The predicted octanol–water partition coefficient (Wildman–Crippen LogP) is 4.42. The summed E-state index contributed by atoms with van der Waals surface area (Å²) in [6, 6.07) is 6.85. The third-order valence-electron chi connectivity index (χ3n) is 3.10. The molecule has 0 bridgehead atoms. The minimum Gasteiger partial charge on any atom is -0.310 e. The van der Waals surface area contributed by atoms with E-state index in [4.69, 9.17) is 23.2 Å². The first kappa shape index (κ1) is 15.2. The highest BCUT2D eigenvalue weighted by Crippen LogP contribution is 2.29. The van der Waals surface area contributed by atoms with Crippen molar-refractivity contribution in [2.45, 2.75) is 19.4 Å². The van der Waals surface area contributed by atoms with E-state index in [2.05, 4.69) is 10.3 Å². The predicted molar refractivity (Wildman–Crippen MR) is 80.8 cm³/mol. The lowest BCUT2D eigenvalue weighted by atomic mass is 9.99. The van der Waals surface area contributed by atoms with E-state index >= 15 is 0 Å². The Balaban J connectivity index is 2.33. The lowest BCUT2D eigenvalue weighted by Crippen LogP contribution is -2.24. The Bertz CT molecular complexity index is 570. The van der Waals surface area contributed by atoms with Crippen molar-refractivity contribution in [3.63, 3.8) is 0 Å². The highest BCUT2D eigenvalue weighted by atomic mass is 35.5. The highest BCUT2D eigenvalue weighted by Gasteiger charge is 2.18. The standard InChI is InChI=1S/C15H15Cl2FN2/c1-2-20-15(10-6-7-19-9-14(10)18)8-11-12(16)4-3-5-13(11)17/h3-7,9,15,20H,2,8H2,1H3. The molecule has 5 heteroatoms. The Morgan fingerprint density at radius 2 is 1.95 bits per heavy atom. The molecule has 20 heavy (non-hydrogen) atoms. The van der Waals surface area contributed by atoms with Crippen LogP contribution in [0.1, 0.15) is 24.1 Å². The second-order valence-corrected chi connectivity index (χ2v) is 5.23. The van der Waals surface area contributed by atoms with E-state index in [0.717, 1.165) is 5.56 Å². The van der Waals surface area contributed by atoms with E-state index in [-0.39, 0.29) is 11.9 Å². The van der Waals surface area contributed by atoms with Crippen LogP contribution >= 0.6 is 23.2 Å². The van der Waals surface area contributed by atoms with E-state index in [1.54, 1.807) is 30.5 Å². The lowest BCUT2D eigenvalue weighted by molar-refractivity contribution is 0.507.